The summed E-state index contributed by atoms with van der Waals surface area (Å²) in [5.74, 6) is 4.10. The fourth-order valence-corrected chi connectivity index (χ4v) is 3.45. The van der Waals surface area contributed by atoms with Gasteiger partial charge in [-0.1, -0.05) is 0 Å². The van der Waals surface area contributed by atoms with E-state index in [0.29, 0.717) is 25.8 Å². The van der Waals surface area contributed by atoms with E-state index >= 15 is 0 Å². The first-order valence-electron chi connectivity index (χ1n) is 7.35. The monoisotopic (exact) mass is 310 g/mol. The van der Waals surface area contributed by atoms with Gasteiger partial charge in [-0.15, -0.1) is 12.3 Å². The number of hydrogen-bond donors (Lipinski definition) is 1. The van der Waals surface area contributed by atoms with Crippen molar-refractivity contribution in [1.82, 2.24) is 10.2 Å². The first-order chi connectivity index (χ1) is 10.1. The number of nitrogens with zero attached hydrogens (tertiary/aromatic N) is 3. The minimum absolute atomic E-state index is 0.0352. The SMILES string of the molecule is C#CCCC1(CCC(=O)NCCN2CCS(=O)CC2)N=N1. The van der Waals surface area contributed by atoms with Crippen molar-refractivity contribution in [2.45, 2.75) is 31.3 Å². The van der Waals surface area contributed by atoms with E-state index in [9.17, 15) is 9.00 Å². The molecular weight excluding hydrogens is 288 g/mol. The van der Waals surface area contributed by atoms with Gasteiger partial charge < -0.3 is 5.32 Å². The Labute approximate surface area is 128 Å². The van der Waals surface area contributed by atoms with Crippen LogP contribution in [0.4, 0.5) is 0 Å². The molecule has 0 aromatic heterocycles. The molecule has 0 spiro atoms. The van der Waals surface area contributed by atoms with E-state index in [1.54, 1.807) is 0 Å². The number of carbonyl (C=O) groups is 1. The normalized spacial score (nSPS) is 20.9. The first kappa shape index (κ1) is 16.1. The van der Waals surface area contributed by atoms with Gasteiger partial charge in [0.15, 0.2) is 5.66 Å². The highest BCUT2D eigenvalue weighted by Gasteiger charge is 2.39. The van der Waals surface area contributed by atoms with Crippen molar-refractivity contribution in [1.29, 1.82) is 0 Å². The van der Waals surface area contributed by atoms with Gasteiger partial charge in [-0.25, -0.2) is 0 Å². The van der Waals surface area contributed by atoms with E-state index in [0.717, 1.165) is 37.6 Å². The largest absolute Gasteiger partial charge is 0.355 e. The molecule has 0 aliphatic carbocycles. The van der Waals surface area contributed by atoms with Gasteiger partial charge in [0, 0.05) is 74.2 Å². The zero-order valence-electron chi connectivity index (χ0n) is 12.2. The molecule has 2 heterocycles. The zero-order chi connectivity index (χ0) is 15.1. The molecule has 1 N–H and O–H groups in total. The van der Waals surface area contributed by atoms with Crippen molar-refractivity contribution in [2.75, 3.05) is 37.7 Å². The highest BCUT2D eigenvalue weighted by molar-refractivity contribution is 7.85. The van der Waals surface area contributed by atoms with E-state index < -0.39 is 10.8 Å². The molecule has 116 valence electrons. The predicted octanol–water partition coefficient (Wildman–Crippen LogP) is 0.523. The number of terminal acetylenes is 1. The van der Waals surface area contributed by atoms with Crippen molar-refractivity contribution < 1.29 is 9.00 Å². The minimum atomic E-state index is -0.648. The third-order valence-corrected chi connectivity index (χ3v) is 5.10. The Morgan fingerprint density at radius 1 is 1.33 bits per heavy atom. The molecule has 1 fully saturated rings. The van der Waals surface area contributed by atoms with Crippen LogP contribution in [0.3, 0.4) is 0 Å². The van der Waals surface area contributed by atoms with Crippen molar-refractivity contribution in [3.8, 4) is 12.3 Å². The topological polar surface area (TPSA) is 74.1 Å². The average Bonchev–Trinajstić information content (AvgIpc) is 3.26. The molecule has 2 rings (SSSR count). The van der Waals surface area contributed by atoms with Crippen LogP contribution in [0.2, 0.25) is 0 Å². The van der Waals surface area contributed by atoms with Crippen LogP contribution in [0.15, 0.2) is 10.2 Å². The van der Waals surface area contributed by atoms with Crippen LogP contribution in [0.1, 0.15) is 25.7 Å². The lowest BCUT2D eigenvalue weighted by molar-refractivity contribution is -0.121. The van der Waals surface area contributed by atoms with Gasteiger partial charge in [-0.2, -0.15) is 10.2 Å². The second-order valence-corrected chi connectivity index (χ2v) is 7.12. The Balaban J connectivity index is 1.54. The molecule has 0 bridgehead atoms. The van der Waals surface area contributed by atoms with Crippen molar-refractivity contribution >= 4 is 16.7 Å². The summed E-state index contributed by atoms with van der Waals surface area (Å²) < 4.78 is 11.2. The summed E-state index contributed by atoms with van der Waals surface area (Å²) in [5.41, 5.74) is -0.374. The fraction of sp³-hybridized carbons (Fsp3) is 0.786. The zero-order valence-corrected chi connectivity index (χ0v) is 13.0. The summed E-state index contributed by atoms with van der Waals surface area (Å²) >= 11 is 0. The van der Waals surface area contributed by atoms with Crippen molar-refractivity contribution in [3.05, 3.63) is 0 Å². The first-order valence-corrected chi connectivity index (χ1v) is 8.84. The molecule has 6 nitrogen and oxygen atoms in total. The van der Waals surface area contributed by atoms with Gasteiger partial charge in [-0.05, 0) is 0 Å². The highest BCUT2D eigenvalue weighted by atomic mass is 32.2. The van der Waals surface area contributed by atoms with Crippen LogP contribution in [0, 0.1) is 12.3 Å². The maximum absolute atomic E-state index is 11.8. The molecule has 0 radical (unpaired) electrons. The predicted molar refractivity (Wildman–Crippen MR) is 82.2 cm³/mol. The van der Waals surface area contributed by atoms with Crippen molar-refractivity contribution in [3.63, 3.8) is 0 Å². The molecule has 21 heavy (non-hydrogen) atoms. The quantitative estimate of drug-likeness (QED) is 0.664. The summed E-state index contributed by atoms with van der Waals surface area (Å²) in [7, 11) is -0.648. The standard InChI is InChI=1S/C14H22N4O2S/c1-2-3-5-14(16-17-14)6-4-13(19)15-7-8-18-9-11-21(20)12-10-18/h1H,3-12H2,(H,15,19). The maximum Gasteiger partial charge on any atom is 0.220 e. The number of amides is 1. The maximum atomic E-state index is 11.8. The molecule has 2 aliphatic rings. The smallest absolute Gasteiger partial charge is 0.220 e. The average molecular weight is 310 g/mol. The van der Waals surface area contributed by atoms with Gasteiger partial charge in [0.1, 0.15) is 0 Å². The lowest BCUT2D eigenvalue weighted by Gasteiger charge is -2.25. The highest BCUT2D eigenvalue weighted by Crippen LogP contribution is 2.37. The van der Waals surface area contributed by atoms with Gasteiger partial charge in [0.25, 0.3) is 0 Å². The van der Waals surface area contributed by atoms with Gasteiger partial charge in [0.2, 0.25) is 5.91 Å². The molecule has 0 unspecified atom stereocenters. The van der Waals surface area contributed by atoms with E-state index in [1.807, 2.05) is 0 Å². The number of nitrogens with one attached hydrogen (secondary N) is 1. The summed E-state index contributed by atoms with van der Waals surface area (Å²) in [6.07, 6.45) is 7.68. The Kier molecular flexibility index (Phi) is 5.88. The molecule has 1 amide bonds. The molecule has 0 atom stereocenters. The van der Waals surface area contributed by atoms with E-state index in [4.69, 9.17) is 6.42 Å². The van der Waals surface area contributed by atoms with E-state index in [2.05, 4.69) is 26.4 Å². The molecular formula is C14H22N4O2S. The van der Waals surface area contributed by atoms with Crippen molar-refractivity contribution in [2.24, 2.45) is 10.2 Å². The molecule has 0 saturated carbocycles. The summed E-state index contributed by atoms with van der Waals surface area (Å²) in [6, 6.07) is 0. The van der Waals surface area contributed by atoms with Crippen LogP contribution in [0.5, 0.6) is 0 Å². The van der Waals surface area contributed by atoms with Gasteiger partial charge in [-0.3, -0.25) is 13.9 Å². The lowest BCUT2D eigenvalue weighted by Crippen LogP contribution is -2.42. The molecule has 0 aromatic rings. The van der Waals surface area contributed by atoms with Crippen LogP contribution < -0.4 is 5.32 Å². The van der Waals surface area contributed by atoms with Crippen LogP contribution in [0.25, 0.3) is 0 Å². The second kappa shape index (κ2) is 7.66. The lowest BCUT2D eigenvalue weighted by atomic mass is 10.0. The Bertz CT molecular complexity index is 456. The molecule has 2 aliphatic heterocycles. The van der Waals surface area contributed by atoms with Crippen LogP contribution in [-0.4, -0.2) is 58.4 Å². The number of carbonyl (C=O) groups excluding carboxylic acids is 1. The molecule has 0 aromatic carbocycles. The molecule has 7 heteroatoms. The molecule has 1 saturated heterocycles. The third-order valence-electron chi connectivity index (χ3n) is 3.83. The van der Waals surface area contributed by atoms with Gasteiger partial charge in [0.05, 0.1) is 0 Å². The fourth-order valence-electron chi connectivity index (χ4n) is 2.32. The minimum Gasteiger partial charge on any atom is -0.355 e. The summed E-state index contributed by atoms with van der Waals surface area (Å²) in [6.45, 7) is 3.17. The Morgan fingerprint density at radius 3 is 2.67 bits per heavy atom. The Morgan fingerprint density at radius 2 is 2.05 bits per heavy atom. The third kappa shape index (κ3) is 5.56. The Hall–Kier alpha value is -1.26. The van der Waals surface area contributed by atoms with E-state index in [1.165, 1.54) is 0 Å². The number of hydrogen-bond acceptors (Lipinski definition) is 5. The van der Waals surface area contributed by atoms with Gasteiger partial charge >= 0.3 is 0 Å². The summed E-state index contributed by atoms with van der Waals surface area (Å²) in [5, 5.41) is 11.0. The number of rotatable bonds is 8. The summed E-state index contributed by atoms with van der Waals surface area (Å²) in [4.78, 5) is 14.0. The van der Waals surface area contributed by atoms with Crippen LogP contribution >= 0.6 is 0 Å². The van der Waals surface area contributed by atoms with Crippen LogP contribution in [-0.2, 0) is 15.6 Å². The second-order valence-electron chi connectivity index (χ2n) is 5.43. The van der Waals surface area contributed by atoms with E-state index in [-0.39, 0.29) is 11.6 Å².